The standard InChI is InChI=1S/C20H19N5O2S/c1-13-16-19(22-12-24(2)20(16)27)28-17(13)18(26)21-9-8-14-10-23-25(11-14)15-6-4-3-5-7-15/h3-7,10-12H,8-9H2,1-2H3,(H,21,26). The molecule has 4 rings (SSSR count). The van der Waals surface area contributed by atoms with Gasteiger partial charge in [0.15, 0.2) is 0 Å². The molecule has 142 valence electrons. The van der Waals surface area contributed by atoms with Crippen LogP contribution in [0.2, 0.25) is 0 Å². The molecule has 28 heavy (non-hydrogen) atoms. The molecule has 0 aliphatic heterocycles. The van der Waals surface area contributed by atoms with E-state index in [4.69, 9.17) is 0 Å². The number of fused-ring (bicyclic) bond motifs is 1. The molecule has 7 nitrogen and oxygen atoms in total. The second-order valence-electron chi connectivity index (χ2n) is 6.53. The van der Waals surface area contributed by atoms with Crippen molar-refractivity contribution in [1.82, 2.24) is 24.6 Å². The number of rotatable bonds is 5. The summed E-state index contributed by atoms with van der Waals surface area (Å²) in [6, 6.07) is 9.87. The number of aryl methyl sites for hydroxylation is 2. The van der Waals surface area contributed by atoms with Gasteiger partial charge in [-0.25, -0.2) is 9.67 Å². The second kappa shape index (κ2) is 7.40. The first-order valence-corrected chi connectivity index (χ1v) is 9.68. The molecule has 0 fully saturated rings. The van der Waals surface area contributed by atoms with Crippen molar-refractivity contribution in [2.45, 2.75) is 13.3 Å². The van der Waals surface area contributed by atoms with Crippen LogP contribution in [0.25, 0.3) is 15.9 Å². The molecule has 3 aromatic heterocycles. The molecule has 1 amide bonds. The van der Waals surface area contributed by atoms with Crippen molar-refractivity contribution in [1.29, 1.82) is 0 Å². The number of amides is 1. The van der Waals surface area contributed by atoms with Gasteiger partial charge >= 0.3 is 0 Å². The van der Waals surface area contributed by atoms with E-state index in [0.29, 0.717) is 33.6 Å². The maximum absolute atomic E-state index is 12.6. The van der Waals surface area contributed by atoms with Crippen molar-refractivity contribution in [3.05, 3.63) is 75.4 Å². The summed E-state index contributed by atoms with van der Waals surface area (Å²) in [6.45, 7) is 2.28. The number of nitrogens with zero attached hydrogens (tertiary/aromatic N) is 4. The summed E-state index contributed by atoms with van der Waals surface area (Å²) in [5.41, 5.74) is 2.58. The lowest BCUT2D eigenvalue weighted by Gasteiger charge is -2.03. The molecule has 0 saturated heterocycles. The Hall–Kier alpha value is -3.26. The minimum atomic E-state index is -0.182. The lowest BCUT2D eigenvalue weighted by Crippen LogP contribution is -2.25. The van der Waals surface area contributed by atoms with Gasteiger partial charge in [0.1, 0.15) is 4.83 Å². The number of para-hydroxylation sites is 1. The number of hydrogen-bond acceptors (Lipinski definition) is 5. The Morgan fingerprint density at radius 2 is 2.04 bits per heavy atom. The molecule has 0 bridgehead atoms. The normalized spacial score (nSPS) is 11.1. The maximum Gasteiger partial charge on any atom is 0.262 e. The third-order valence-corrected chi connectivity index (χ3v) is 5.77. The fraction of sp³-hybridized carbons (Fsp3) is 0.200. The molecule has 1 aromatic carbocycles. The maximum atomic E-state index is 12.6. The number of hydrogen-bond donors (Lipinski definition) is 1. The molecule has 3 heterocycles. The SMILES string of the molecule is Cc1c(C(=O)NCCc2cnn(-c3ccccc3)c2)sc2ncn(C)c(=O)c12. The van der Waals surface area contributed by atoms with E-state index >= 15 is 0 Å². The van der Waals surface area contributed by atoms with Gasteiger partial charge in [0.25, 0.3) is 11.5 Å². The highest BCUT2D eigenvalue weighted by atomic mass is 32.1. The van der Waals surface area contributed by atoms with Crippen LogP contribution in [0, 0.1) is 6.92 Å². The Bertz CT molecular complexity index is 1210. The van der Waals surface area contributed by atoms with E-state index < -0.39 is 0 Å². The second-order valence-corrected chi connectivity index (χ2v) is 7.53. The lowest BCUT2D eigenvalue weighted by atomic mass is 10.2. The van der Waals surface area contributed by atoms with Crippen LogP contribution in [0.4, 0.5) is 0 Å². The Morgan fingerprint density at radius 3 is 2.82 bits per heavy atom. The quantitative estimate of drug-likeness (QED) is 0.565. The zero-order valence-electron chi connectivity index (χ0n) is 15.5. The third-order valence-electron chi connectivity index (χ3n) is 4.57. The summed E-state index contributed by atoms with van der Waals surface area (Å²) >= 11 is 1.25. The summed E-state index contributed by atoms with van der Waals surface area (Å²) < 4.78 is 3.24. The first kappa shape index (κ1) is 18.1. The molecule has 1 N–H and O–H groups in total. The topological polar surface area (TPSA) is 81.8 Å². The average molecular weight is 393 g/mol. The fourth-order valence-electron chi connectivity index (χ4n) is 3.04. The predicted octanol–water partition coefficient (Wildman–Crippen LogP) is 2.46. The molecule has 0 aliphatic carbocycles. The van der Waals surface area contributed by atoms with Gasteiger partial charge in [-0.2, -0.15) is 5.10 Å². The zero-order valence-corrected chi connectivity index (χ0v) is 16.4. The molecule has 0 spiro atoms. The number of benzene rings is 1. The van der Waals surface area contributed by atoms with Crippen LogP contribution >= 0.6 is 11.3 Å². The van der Waals surface area contributed by atoms with Crippen LogP contribution < -0.4 is 10.9 Å². The van der Waals surface area contributed by atoms with E-state index in [1.165, 1.54) is 22.2 Å². The van der Waals surface area contributed by atoms with E-state index in [9.17, 15) is 9.59 Å². The van der Waals surface area contributed by atoms with Gasteiger partial charge in [-0.15, -0.1) is 11.3 Å². The summed E-state index contributed by atoms with van der Waals surface area (Å²) in [6.07, 6.45) is 5.91. The Kier molecular flexibility index (Phi) is 4.79. The third kappa shape index (κ3) is 3.34. The van der Waals surface area contributed by atoms with Crippen molar-refractivity contribution < 1.29 is 4.79 Å². The average Bonchev–Trinajstić information content (AvgIpc) is 3.30. The molecule has 0 saturated carbocycles. The highest BCUT2D eigenvalue weighted by molar-refractivity contribution is 7.20. The molecular weight excluding hydrogens is 374 g/mol. The molecule has 0 unspecified atom stereocenters. The van der Waals surface area contributed by atoms with Crippen LogP contribution in [-0.4, -0.2) is 31.8 Å². The van der Waals surface area contributed by atoms with Crippen molar-refractivity contribution in [2.24, 2.45) is 7.05 Å². The highest BCUT2D eigenvalue weighted by Crippen LogP contribution is 2.26. The smallest absolute Gasteiger partial charge is 0.262 e. The van der Waals surface area contributed by atoms with Gasteiger partial charge in [0.2, 0.25) is 0 Å². The van der Waals surface area contributed by atoms with Crippen LogP contribution in [0.15, 0.2) is 53.8 Å². The summed E-state index contributed by atoms with van der Waals surface area (Å²) in [5.74, 6) is -0.182. The number of aromatic nitrogens is 4. The van der Waals surface area contributed by atoms with E-state index in [1.54, 1.807) is 20.2 Å². The first-order chi connectivity index (χ1) is 13.5. The van der Waals surface area contributed by atoms with Gasteiger partial charge < -0.3 is 9.88 Å². The van der Waals surface area contributed by atoms with Gasteiger partial charge in [-0.3, -0.25) is 9.59 Å². The monoisotopic (exact) mass is 393 g/mol. The van der Waals surface area contributed by atoms with Gasteiger partial charge in [-0.1, -0.05) is 18.2 Å². The minimum Gasteiger partial charge on any atom is -0.351 e. The van der Waals surface area contributed by atoms with Crippen LogP contribution in [0.5, 0.6) is 0 Å². The van der Waals surface area contributed by atoms with Crippen molar-refractivity contribution in [3.63, 3.8) is 0 Å². The van der Waals surface area contributed by atoms with Gasteiger partial charge in [0, 0.05) is 19.8 Å². The lowest BCUT2D eigenvalue weighted by molar-refractivity contribution is 0.0957. The molecule has 8 heteroatoms. The molecule has 0 radical (unpaired) electrons. The summed E-state index contributed by atoms with van der Waals surface area (Å²) in [5, 5.41) is 7.81. The Morgan fingerprint density at radius 1 is 1.25 bits per heavy atom. The number of carbonyl (C=O) groups excluding carboxylic acids is 1. The van der Waals surface area contributed by atoms with Gasteiger partial charge in [0.05, 0.1) is 28.5 Å². The summed E-state index contributed by atoms with van der Waals surface area (Å²) in [4.78, 5) is 30.3. The van der Waals surface area contributed by atoms with E-state index in [1.807, 2.05) is 41.2 Å². The summed E-state index contributed by atoms with van der Waals surface area (Å²) in [7, 11) is 1.65. The Balaban J connectivity index is 1.44. The largest absolute Gasteiger partial charge is 0.351 e. The molecular formula is C20H19N5O2S. The van der Waals surface area contributed by atoms with E-state index in [0.717, 1.165) is 11.3 Å². The fourth-order valence-corrected chi connectivity index (χ4v) is 4.09. The zero-order chi connectivity index (χ0) is 19.7. The molecule has 4 aromatic rings. The van der Waals surface area contributed by atoms with Crippen molar-refractivity contribution in [3.8, 4) is 5.69 Å². The van der Waals surface area contributed by atoms with Crippen LogP contribution in [0.1, 0.15) is 20.8 Å². The van der Waals surface area contributed by atoms with Crippen LogP contribution in [0.3, 0.4) is 0 Å². The van der Waals surface area contributed by atoms with Crippen LogP contribution in [-0.2, 0) is 13.5 Å². The van der Waals surface area contributed by atoms with Crippen molar-refractivity contribution in [2.75, 3.05) is 6.54 Å². The number of thiophene rings is 1. The molecule has 0 atom stereocenters. The highest BCUT2D eigenvalue weighted by Gasteiger charge is 2.18. The number of carbonyl (C=O) groups is 1. The predicted molar refractivity (Wildman–Crippen MR) is 109 cm³/mol. The van der Waals surface area contributed by atoms with E-state index in [2.05, 4.69) is 15.4 Å². The van der Waals surface area contributed by atoms with Gasteiger partial charge in [-0.05, 0) is 36.6 Å². The first-order valence-electron chi connectivity index (χ1n) is 8.86. The molecule has 0 aliphatic rings. The number of nitrogens with one attached hydrogen (secondary N) is 1. The van der Waals surface area contributed by atoms with Crippen molar-refractivity contribution >= 4 is 27.5 Å². The van der Waals surface area contributed by atoms with E-state index in [-0.39, 0.29) is 11.5 Å². The minimum absolute atomic E-state index is 0.133. The Labute approximate surface area is 165 Å².